The van der Waals surface area contributed by atoms with Gasteiger partial charge in [-0.2, -0.15) is 0 Å². The Labute approximate surface area is 204 Å². The Morgan fingerprint density at radius 1 is 0.971 bits per heavy atom. The number of rotatable bonds is 6. The van der Waals surface area contributed by atoms with Crippen LogP contribution in [-0.4, -0.2) is 40.1 Å². The molecule has 0 saturated carbocycles. The van der Waals surface area contributed by atoms with Crippen molar-refractivity contribution in [2.75, 3.05) is 18.1 Å². The van der Waals surface area contributed by atoms with Gasteiger partial charge in [-0.1, -0.05) is 57.2 Å². The molecule has 8 heteroatoms. The van der Waals surface area contributed by atoms with Gasteiger partial charge in [0.1, 0.15) is 5.75 Å². The minimum Gasteiger partial charge on any atom is -0.496 e. The molecule has 0 unspecified atom stereocenters. The first kappa shape index (κ1) is 26.3. The van der Waals surface area contributed by atoms with Crippen molar-refractivity contribution in [1.82, 2.24) is 0 Å². The molecule has 1 aliphatic heterocycles. The Morgan fingerprint density at radius 3 is 2.00 bits per heavy atom. The summed E-state index contributed by atoms with van der Waals surface area (Å²) in [5.74, 6) is 0.805. The molecule has 1 aliphatic rings. The molecule has 0 amide bonds. The monoisotopic (exact) mass is 485 g/mol. The summed E-state index contributed by atoms with van der Waals surface area (Å²) in [5.41, 5.74) is 3.35. The molecule has 3 rings (SSSR count). The van der Waals surface area contributed by atoms with Crippen molar-refractivity contribution in [3.05, 3.63) is 53.1 Å². The zero-order valence-electron chi connectivity index (χ0n) is 21.6. The SMILES string of the molecule is COc1c(/C=C/c2ccc(NS(C)(=O)=O)cc2)cc(B2OC(C)(C)C(C)(C)O2)cc1C(C)(C)C. The Hall–Kier alpha value is -2.29. The van der Waals surface area contributed by atoms with Crippen LogP contribution in [-0.2, 0) is 24.7 Å². The highest BCUT2D eigenvalue weighted by atomic mass is 32.2. The summed E-state index contributed by atoms with van der Waals surface area (Å²) in [4.78, 5) is 0. The lowest BCUT2D eigenvalue weighted by Gasteiger charge is -2.32. The first-order chi connectivity index (χ1) is 15.5. The van der Waals surface area contributed by atoms with E-state index in [0.29, 0.717) is 5.69 Å². The fourth-order valence-electron chi connectivity index (χ4n) is 3.76. The molecule has 2 aromatic rings. The third-order valence-corrected chi connectivity index (χ3v) is 6.95. The molecule has 1 N–H and O–H groups in total. The van der Waals surface area contributed by atoms with Crippen LogP contribution in [0.25, 0.3) is 12.2 Å². The van der Waals surface area contributed by atoms with Crippen molar-refractivity contribution in [2.24, 2.45) is 0 Å². The van der Waals surface area contributed by atoms with E-state index in [4.69, 9.17) is 14.0 Å². The zero-order valence-corrected chi connectivity index (χ0v) is 22.5. The van der Waals surface area contributed by atoms with Crippen molar-refractivity contribution in [2.45, 2.75) is 65.1 Å². The third kappa shape index (κ3) is 5.85. The maximum Gasteiger partial charge on any atom is 0.494 e. The van der Waals surface area contributed by atoms with E-state index in [1.807, 2.05) is 58.0 Å². The lowest BCUT2D eigenvalue weighted by molar-refractivity contribution is 0.00578. The molecule has 34 heavy (non-hydrogen) atoms. The van der Waals surface area contributed by atoms with Crippen molar-refractivity contribution in [3.63, 3.8) is 0 Å². The number of anilines is 1. The standard InChI is InChI=1S/C26H36BNO5S/c1-24(2,3)22-17-20(27-32-25(4,5)26(6,7)33-27)16-19(23(22)31-8)13-10-18-11-14-21(15-12-18)28-34(9,29)30/h10-17,28H,1-9H3/b13-10+. The highest BCUT2D eigenvalue weighted by molar-refractivity contribution is 7.92. The third-order valence-electron chi connectivity index (χ3n) is 6.35. The van der Waals surface area contributed by atoms with E-state index >= 15 is 0 Å². The molecule has 1 saturated heterocycles. The summed E-state index contributed by atoms with van der Waals surface area (Å²) in [6.45, 7) is 14.6. The van der Waals surface area contributed by atoms with Crippen molar-refractivity contribution < 1.29 is 22.5 Å². The summed E-state index contributed by atoms with van der Waals surface area (Å²) in [6, 6.07) is 11.4. The number of hydrogen-bond acceptors (Lipinski definition) is 5. The number of nitrogens with one attached hydrogen (secondary N) is 1. The van der Waals surface area contributed by atoms with E-state index in [0.717, 1.165) is 34.2 Å². The van der Waals surface area contributed by atoms with Gasteiger partial charge in [0.2, 0.25) is 10.0 Å². The maximum atomic E-state index is 11.4. The second-order valence-electron chi connectivity index (χ2n) is 10.9. The molecule has 0 atom stereocenters. The van der Waals surface area contributed by atoms with Gasteiger partial charge in [0.15, 0.2) is 0 Å². The van der Waals surface area contributed by atoms with E-state index in [9.17, 15) is 8.42 Å². The highest BCUT2D eigenvalue weighted by Crippen LogP contribution is 2.39. The average Bonchev–Trinajstić information content (AvgIpc) is 2.92. The number of sulfonamides is 1. The Bertz CT molecular complexity index is 1160. The van der Waals surface area contributed by atoms with Gasteiger partial charge in [-0.25, -0.2) is 8.42 Å². The van der Waals surface area contributed by atoms with Crippen LogP contribution in [0.4, 0.5) is 5.69 Å². The minimum absolute atomic E-state index is 0.160. The van der Waals surface area contributed by atoms with Crippen LogP contribution in [0.5, 0.6) is 5.75 Å². The summed E-state index contributed by atoms with van der Waals surface area (Å²) < 4.78 is 43.9. The summed E-state index contributed by atoms with van der Waals surface area (Å²) >= 11 is 0. The summed E-state index contributed by atoms with van der Waals surface area (Å²) in [5, 5.41) is 0. The molecule has 184 valence electrons. The lowest BCUT2D eigenvalue weighted by Crippen LogP contribution is -2.41. The molecule has 0 spiro atoms. The topological polar surface area (TPSA) is 73.9 Å². The lowest BCUT2D eigenvalue weighted by atomic mass is 9.74. The Morgan fingerprint density at radius 2 is 1.53 bits per heavy atom. The number of methoxy groups -OCH3 is 1. The van der Waals surface area contributed by atoms with Gasteiger partial charge in [0.25, 0.3) is 0 Å². The quantitative estimate of drug-likeness (QED) is 0.469. The molecule has 1 fully saturated rings. The summed E-state index contributed by atoms with van der Waals surface area (Å²) in [6.07, 6.45) is 5.11. The molecule has 1 heterocycles. The molecule has 0 bridgehead atoms. The smallest absolute Gasteiger partial charge is 0.494 e. The predicted molar refractivity (Wildman–Crippen MR) is 141 cm³/mol. The van der Waals surface area contributed by atoms with E-state index in [1.165, 1.54) is 0 Å². The fourth-order valence-corrected chi connectivity index (χ4v) is 4.33. The van der Waals surface area contributed by atoms with Gasteiger partial charge in [-0.05, 0) is 61.8 Å². The second kappa shape index (κ2) is 9.06. The van der Waals surface area contributed by atoms with Gasteiger partial charge in [0.05, 0.1) is 24.6 Å². The fraction of sp³-hybridized carbons (Fsp3) is 0.462. The van der Waals surface area contributed by atoms with Gasteiger partial charge in [-0.3, -0.25) is 4.72 Å². The molecular weight excluding hydrogens is 449 g/mol. The molecule has 0 aromatic heterocycles. The van der Waals surface area contributed by atoms with Crippen LogP contribution in [0.2, 0.25) is 0 Å². The Kier molecular flexibility index (Phi) is 7.01. The number of hydrogen-bond donors (Lipinski definition) is 1. The van der Waals surface area contributed by atoms with Crippen LogP contribution >= 0.6 is 0 Å². The molecule has 0 aliphatic carbocycles. The van der Waals surface area contributed by atoms with E-state index < -0.39 is 28.3 Å². The largest absolute Gasteiger partial charge is 0.496 e. The Balaban J connectivity index is 2.01. The molecule has 6 nitrogen and oxygen atoms in total. The first-order valence-corrected chi connectivity index (χ1v) is 13.3. The molecule has 2 aromatic carbocycles. The zero-order chi connectivity index (χ0) is 25.5. The predicted octanol–water partition coefficient (Wildman–Crippen LogP) is 4.83. The van der Waals surface area contributed by atoms with Gasteiger partial charge in [0, 0.05) is 11.3 Å². The normalized spacial score (nSPS) is 17.9. The molecule has 0 radical (unpaired) electrons. The van der Waals surface area contributed by atoms with Crippen molar-refractivity contribution in [1.29, 1.82) is 0 Å². The van der Waals surface area contributed by atoms with E-state index in [2.05, 4.69) is 31.6 Å². The average molecular weight is 485 g/mol. The van der Waals surface area contributed by atoms with Crippen LogP contribution < -0.4 is 14.9 Å². The van der Waals surface area contributed by atoms with Gasteiger partial charge >= 0.3 is 7.12 Å². The maximum absolute atomic E-state index is 11.4. The van der Waals surface area contributed by atoms with Crippen LogP contribution in [0.3, 0.4) is 0 Å². The van der Waals surface area contributed by atoms with Crippen LogP contribution in [0.1, 0.15) is 65.2 Å². The van der Waals surface area contributed by atoms with Gasteiger partial charge < -0.3 is 14.0 Å². The first-order valence-electron chi connectivity index (χ1n) is 11.4. The number of ether oxygens (including phenoxy) is 1. The van der Waals surface area contributed by atoms with E-state index in [1.54, 1.807) is 19.2 Å². The van der Waals surface area contributed by atoms with Crippen LogP contribution in [0, 0.1) is 0 Å². The van der Waals surface area contributed by atoms with Gasteiger partial charge in [-0.15, -0.1) is 0 Å². The van der Waals surface area contributed by atoms with Crippen LogP contribution in [0.15, 0.2) is 36.4 Å². The van der Waals surface area contributed by atoms with E-state index in [-0.39, 0.29) is 5.41 Å². The minimum atomic E-state index is -3.31. The number of benzene rings is 2. The highest BCUT2D eigenvalue weighted by Gasteiger charge is 2.52. The second-order valence-corrected chi connectivity index (χ2v) is 12.6. The molecular formula is C26H36BNO5S. The van der Waals surface area contributed by atoms with Crippen molar-refractivity contribution in [3.8, 4) is 5.75 Å². The summed E-state index contributed by atoms with van der Waals surface area (Å²) in [7, 11) is -2.11. The van der Waals surface area contributed by atoms with Crippen molar-refractivity contribution >= 4 is 40.4 Å².